The number of ether oxygens (including phenoxy) is 2. The van der Waals surface area contributed by atoms with E-state index in [1.54, 1.807) is 14.2 Å². The van der Waals surface area contributed by atoms with E-state index in [-0.39, 0.29) is 17.8 Å². The van der Waals surface area contributed by atoms with Crippen LogP contribution < -0.4 is 16.1 Å². The SMILES string of the molecule is COCC1CN(c2c(C#N)c(=O)n(C)c(=O)n2C)CC(C)O1. The fourth-order valence-electron chi connectivity index (χ4n) is 2.80. The van der Waals surface area contributed by atoms with Gasteiger partial charge in [-0.1, -0.05) is 0 Å². The van der Waals surface area contributed by atoms with Gasteiger partial charge in [-0.3, -0.25) is 13.9 Å². The third-order valence-electron chi connectivity index (χ3n) is 3.72. The molecule has 2 heterocycles. The molecule has 0 radical (unpaired) electrons. The second-order valence-corrected chi connectivity index (χ2v) is 5.45. The van der Waals surface area contributed by atoms with Crippen LogP contribution in [0.15, 0.2) is 9.59 Å². The van der Waals surface area contributed by atoms with Crippen LogP contribution in [0.5, 0.6) is 0 Å². The monoisotopic (exact) mass is 308 g/mol. The molecule has 0 aromatic carbocycles. The summed E-state index contributed by atoms with van der Waals surface area (Å²) in [4.78, 5) is 26.2. The molecule has 1 fully saturated rings. The highest BCUT2D eigenvalue weighted by Crippen LogP contribution is 2.21. The lowest BCUT2D eigenvalue weighted by Gasteiger charge is -2.38. The van der Waals surface area contributed by atoms with E-state index >= 15 is 0 Å². The van der Waals surface area contributed by atoms with Crippen molar-refractivity contribution < 1.29 is 9.47 Å². The molecule has 2 unspecified atom stereocenters. The summed E-state index contributed by atoms with van der Waals surface area (Å²) in [6.45, 7) is 3.25. The lowest BCUT2D eigenvalue weighted by molar-refractivity contribution is -0.0514. The smallest absolute Gasteiger partial charge is 0.332 e. The maximum atomic E-state index is 12.2. The summed E-state index contributed by atoms with van der Waals surface area (Å²) in [5, 5.41) is 9.34. The Morgan fingerprint density at radius 2 is 2.00 bits per heavy atom. The first-order valence-corrected chi connectivity index (χ1v) is 7.00. The van der Waals surface area contributed by atoms with Gasteiger partial charge in [0, 0.05) is 34.3 Å². The van der Waals surface area contributed by atoms with Crippen molar-refractivity contribution in [3.8, 4) is 6.07 Å². The maximum absolute atomic E-state index is 12.2. The molecule has 2 rings (SSSR count). The number of morpholine rings is 1. The molecule has 2 atom stereocenters. The van der Waals surface area contributed by atoms with Crippen LogP contribution in [0.1, 0.15) is 12.5 Å². The predicted molar refractivity (Wildman–Crippen MR) is 80.1 cm³/mol. The number of hydrogen-bond donors (Lipinski definition) is 0. The first-order chi connectivity index (χ1) is 10.4. The molecule has 1 aromatic rings. The van der Waals surface area contributed by atoms with Crippen molar-refractivity contribution in [2.24, 2.45) is 14.1 Å². The minimum absolute atomic E-state index is 0.0325. The minimum Gasteiger partial charge on any atom is -0.382 e. The summed E-state index contributed by atoms with van der Waals surface area (Å²) < 4.78 is 13.2. The topological polar surface area (TPSA) is 89.5 Å². The zero-order chi connectivity index (χ0) is 16.4. The van der Waals surface area contributed by atoms with E-state index in [0.29, 0.717) is 25.5 Å². The molecule has 1 aliphatic rings. The highest BCUT2D eigenvalue weighted by molar-refractivity contribution is 5.54. The molecule has 0 bridgehead atoms. The van der Waals surface area contributed by atoms with Crippen LogP contribution in [-0.4, -0.2) is 48.1 Å². The summed E-state index contributed by atoms with van der Waals surface area (Å²) in [6, 6.07) is 1.92. The van der Waals surface area contributed by atoms with Gasteiger partial charge in [0.25, 0.3) is 5.56 Å². The zero-order valence-corrected chi connectivity index (χ0v) is 13.2. The van der Waals surface area contributed by atoms with Crippen molar-refractivity contribution in [2.75, 3.05) is 31.7 Å². The van der Waals surface area contributed by atoms with Crippen LogP contribution in [0.4, 0.5) is 5.82 Å². The van der Waals surface area contributed by atoms with E-state index in [1.807, 2.05) is 17.9 Å². The predicted octanol–water partition coefficient (Wildman–Crippen LogP) is -0.804. The van der Waals surface area contributed by atoms with Crippen LogP contribution in [0, 0.1) is 11.3 Å². The summed E-state index contributed by atoms with van der Waals surface area (Å²) >= 11 is 0. The number of nitriles is 1. The van der Waals surface area contributed by atoms with Crippen LogP contribution in [0.3, 0.4) is 0 Å². The molecular formula is C14H20N4O4. The number of nitrogens with zero attached hydrogens (tertiary/aromatic N) is 4. The van der Waals surface area contributed by atoms with E-state index in [0.717, 1.165) is 4.57 Å². The van der Waals surface area contributed by atoms with E-state index in [2.05, 4.69) is 0 Å². The molecule has 0 aliphatic carbocycles. The molecule has 0 spiro atoms. The maximum Gasteiger partial charge on any atom is 0.332 e. The Hall–Kier alpha value is -2.11. The number of hydrogen-bond acceptors (Lipinski definition) is 6. The van der Waals surface area contributed by atoms with Crippen molar-refractivity contribution in [1.29, 1.82) is 5.26 Å². The molecule has 8 nitrogen and oxygen atoms in total. The Morgan fingerprint density at radius 1 is 1.32 bits per heavy atom. The largest absolute Gasteiger partial charge is 0.382 e. The second kappa shape index (κ2) is 6.34. The fraction of sp³-hybridized carbons (Fsp3) is 0.643. The summed E-state index contributed by atoms with van der Waals surface area (Å²) in [6.07, 6.45) is -0.279. The van der Waals surface area contributed by atoms with Gasteiger partial charge >= 0.3 is 5.69 Å². The number of anilines is 1. The van der Waals surface area contributed by atoms with Gasteiger partial charge in [-0.25, -0.2) is 4.79 Å². The van der Waals surface area contributed by atoms with Crippen molar-refractivity contribution in [3.63, 3.8) is 0 Å². The number of rotatable bonds is 3. The van der Waals surface area contributed by atoms with Crippen LogP contribution in [0.25, 0.3) is 0 Å². The van der Waals surface area contributed by atoms with Gasteiger partial charge in [0.2, 0.25) is 0 Å². The lowest BCUT2D eigenvalue weighted by atomic mass is 10.2. The second-order valence-electron chi connectivity index (χ2n) is 5.45. The van der Waals surface area contributed by atoms with Crippen LogP contribution in [0.2, 0.25) is 0 Å². The molecule has 120 valence electrons. The van der Waals surface area contributed by atoms with Crippen molar-refractivity contribution in [3.05, 3.63) is 26.4 Å². The van der Waals surface area contributed by atoms with Crippen LogP contribution in [-0.2, 0) is 23.6 Å². The first kappa shape index (κ1) is 16.3. The quantitative estimate of drug-likeness (QED) is 0.726. The molecule has 0 saturated carbocycles. The van der Waals surface area contributed by atoms with Crippen LogP contribution >= 0.6 is 0 Å². The van der Waals surface area contributed by atoms with Crippen molar-refractivity contribution in [2.45, 2.75) is 19.1 Å². The Balaban J connectivity index is 2.55. The highest BCUT2D eigenvalue weighted by Gasteiger charge is 2.29. The minimum atomic E-state index is -0.581. The fourth-order valence-corrected chi connectivity index (χ4v) is 2.80. The number of methoxy groups -OCH3 is 1. The first-order valence-electron chi connectivity index (χ1n) is 7.00. The molecule has 8 heteroatoms. The summed E-state index contributed by atoms with van der Waals surface area (Å²) in [5.74, 6) is 0.340. The van der Waals surface area contributed by atoms with Gasteiger partial charge in [-0.15, -0.1) is 0 Å². The molecule has 1 aliphatic heterocycles. The number of aromatic nitrogens is 2. The van der Waals surface area contributed by atoms with Gasteiger partial charge < -0.3 is 14.4 Å². The van der Waals surface area contributed by atoms with Crippen molar-refractivity contribution in [1.82, 2.24) is 9.13 Å². The molecule has 1 aromatic heterocycles. The molecule has 0 amide bonds. The molecule has 0 N–H and O–H groups in total. The Kier molecular flexibility index (Phi) is 4.68. The third kappa shape index (κ3) is 2.77. The van der Waals surface area contributed by atoms with Gasteiger partial charge in [0.15, 0.2) is 5.56 Å². The summed E-state index contributed by atoms with van der Waals surface area (Å²) in [5.41, 5.74) is -1.07. The van der Waals surface area contributed by atoms with E-state index in [9.17, 15) is 14.9 Å². The van der Waals surface area contributed by atoms with E-state index in [4.69, 9.17) is 9.47 Å². The summed E-state index contributed by atoms with van der Waals surface area (Å²) in [7, 11) is 4.51. The normalized spacial score (nSPS) is 21.7. The average Bonchev–Trinajstić information content (AvgIpc) is 2.48. The Morgan fingerprint density at radius 3 is 2.59 bits per heavy atom. The zero-order valence-electron chi connectivity index (χ0n) is 13.2. The van der Waals surface area contributed by atoms with Gasteiger partial charge in [0.1, 0.15) is 11.9 Å². The Labute approximate surface area is 128 Å². The average molecular weight is 308 g/mol. The third-order valence-corrected chi connectivity index (χ3v) is 3.72. The van der Waals surface area contributed by atoms with Gasteiger partial charge in [-0.2, -0.15) is 5.26 Å². The van der Waals surface area contributed by atoms with Gasteiger partial charge in [-0.05, 0) is 6.92 Å². The van der Waals surface area contributed by atoms with Gasteiger partial charge in [0.05, 0.1) is 18.8 Å². The van der Waals surface area contributed by atoms with E-state index in [1.165, 1.54) is 11.6 Å². The lowest BCUT2D eigenvalue weighted by Crippen LogP contribution is -2.51. The van der Waals surface area contributed by atoms with Crippen molar-refractivity contribution >= 4 is 5.82 Å². The van der Waals surface area contributed by atoms with E-state index < -0.39 is 11.2 Å². The standard InChI is InChI=1S/C14H20N4O4/c1-9-6-18(7-10(22-9)8-21-4)12-11(5-15)13(19)17(3)14(20)16(12)2/h9-10H,6-8H2,1-4H3. The highest BCUT2D eigenvalue weighted by atomic mass is 16.5. The molecular weight excluding hydrogens is 288 g/mol. The molecule has 22 heavy (non-hydrogen) atoms. The molecule has 1 saturated heterocycles. The Bertz CT molecular complexity index is 715.